The topological polar surface area (TPSA) is 56.7 Å². The number of hydrogen-bond acceptors (Lipinski definition) is 4. The van der Waals surface area contributed by atoms with Gasteiger partial charge in [-0.15, -0.1) is 0 Å². The summed E-state index contributed by atoms with van der Waals surface area (Å²) in [4.78, 5) is 15.0. The van der Waals surface area contributed by atoms with Gasteiger partial charge in [-0.25, -0.2) is 15.0 Å². The summed E-state index contributed by atoms with van der Waals surface area (Å²) in [5.74, 6) is 1.10. The van der Waals surface area contributed by atoms with Crippen LogP contribution in [-0.2, 0) is 0 Å². The van der Waals surface area contributed by atoms with Gasteiger partial charge in [0.25, 0.3) is 0 Å². The molecule has 0 N–H and O–H groups in total. The Morgan fingerprint density at radius 2 is 0.903 bits per heavy atom. The molecule has 0 saturated heterocycles. The van der Waals surface area contributed by atoms with Crippen LogP contribution in [0.15, 0.2) is 210 Å². The zero-order chi connectivity index (χ0) is 52.9. The molecular formula is C57H34N4O. The van der Waals surface area contributed by atoms with Crippen LogP contribution in [0.5, 0.6) is 0 Å². The number of hydrogen-bond donors (Lipinski definition) is 0. The molecule has 13 aromatic rings. The third-order valence-electron chi connectivity index (χ3n) is 11.4. The van der Waals surface area contributed by atoms with Crippen LogP contribution in [0.3, 0.4) is 0 Å². The zero-order valence-corrected chi connectivity index (χ0v) is 32.2. The van der Waals surface area contributed by atoms with Gasteiger partial charge >= 0.3 is 0 Å². The van der Waals surface area contributed by atoms with E-state index in [1.165, 1.54) is 0 Å². The minimum absolute atomic E-state index is 0.000721. The molecular weight excluding hydrogens is 757 g/mol. The van der Waals surface area contributed by atoms with E-state index in [1.54, 1.807) is 12.1 Å². The van der Waals surface area contributed by atoms with E-state index in [4.69, 9.17) is 30.3 Å². The molecule has 62 heavy (non-hydrogen) atoms. The van der Waals surface area contributed by atoms with Crippen LogP contribution in [0.2, 0.25) is 0 Å². The molecule has 0 aliphatic heterocycles. The van der Waals surface area contributed by atoms with Gasteiger partial charge < -0.3 is 8.98 Å². The molecule has 0 spiro atoms. The second-order valence-corrected chi connectivity index (χ2v) is 14.8. The van der Waals surface area contributed by atoms with Crippen molar-refractivity contribution >= 4 is 65.3 Å². The van der Waals surface area contributed by atoms with Crippen LogP contribution in [-0.4, -0.2) is 19.5 Å². The summed E-state index contributed by atoms with van der Waals surface area (Å²) < 4.78 is 136. The predicted octanol–water partition coefficient (Wildman–Crippen LogP) is 14.9. The number of benzene rings is 10. The van der Waals surface area contributed by atoms with Gasteiger partial charge in [0.2, 0.25) is 0 Å². The number of furan rings is 1. The van der Waals surface area contributed by atoms with E-state index in [0.717, 1.165) is 26.8 Å². The van der Waals surface area contributed by atoms with Crippen LogP contribution in [0.25, 0.3) is 127 Å². The summed E-state index contributed by atoms with van der Waals surface area (Å²) in [6, 6.07) is 29.2. The lowest BCUT2D eigenvalue weighted by molar-refractivity contribution is 0.670. The summed E-state index contributed by atoms with van der Waals surface area (Å²) in [7, 11) is 0. The lowest BCUT2D eigenvalue weighted by Gasteiger charge is -2.13. The largest absolute Gasteiger partial charge is 0.455 e. The number of para-hydroxylation sites is 3. The molecule has 3 heterocycles. The summed E-state index contributed by atoms with van der Waals surface area (Å²) in [5, 5.41) is 0.654. The minimum atomic E-state index is -0.730. The molecule has 0 unspecified atom stereocenters. The smallest absolute Gasteiger partial charge is 0.167 e. The Kier molecular flexibility index (Phi) is 5.12. The first-order chi connectivity index (χ1) is 36.6. The average Bonchev–Trinajstić information content (AvgIpc) is 4.13. The SMILES string of the molecule is [2H]c1c([2H])c([2H])c(-n2c3c([2H])c([2H])c([2H])c4c5c([2H])c([2H])c([2H])c([2H])c5c5c(-c6cccc7c6oc6c(-c8nc(-c9ccccc9)nc(-c9ccc(-c%10ccccc%10)cc9)n8)cccc67)c([2H])c([2H])c2c5c43)c([2H])c1[2H]. The van der Waals surface area contributed by atoms with Crippen molar-refractivity contribution < 1.29 is 23.6 Å². The Bertz CT molecular complexity index is 4650. The molecule has 3 aromatic heterocycles. The molecule has 0 atom stereocenters. The molecule has 288 valence electrons. The van der Waals surface area contributed by atoms with E-state index in [2.05, 4.69) is 0 Å². The fourth-order valence-corrected chi connectivity index (χ4v) is 8.70. The van der Waals surface area contributed by atoms with Gasteiger partial charge in [-0.3, -0.25) is 0 Å². The van der Waals surface area contributed by atoms with Crippen molar-refractivity contribution in [1.29, 1.82) is 0 Å². The fraction of sp³-hybridized carbons (Fsp3) is 0. The second kappa shape index (κ2) is 13.6. The highest BCUT2D eigenvalue weighted by Gasteiger charge is 2.24. The number of nitrogens with zero attached hydrogens (tertiary/aromatic N) is 4. The van der Waals surface area contributed by atoms with Crippen molar-refractivity contribution in [3.8, 4) is 62.1 Å². The van der Waals surface area contributed by atoms with E-state index in [0.29, 0.717) is 33.6 Å². The van der Waals surface area contributed by atoms with Gasteiger partial charge in [0, 0.05) is 49.3 Å². The van der Waals surface area contributed by atoms with Gasteiger partial charge in [-0.05, 0) is 63.1 Å². The highest BCUT2D eigenvalue weighted by Crippen LogP contribution is 2.49. The van der Waals surface area contributed by atoms with Gasteiger partial charge in [0.1, 0.15) is 11.2 Å². The van der Waals surface area contributed by atoms with Crippen molar-refractivity contribution in [2.24, 2.45) is 0 Å². The van der Waals surface area contributed by atoms with Crippen molar-refractivity contribution in [1.82, 2.24) is 19.5 Å². The van der Waals surface area contributed by atoms with E-state index in [-0.39, 0.29) is 65.9 Å². The maximum absolute atomic E-state index is 10.0. The first-order valence-corrected chi connectivity index (χ1v) is 19.8. The third-order valence-corrected chi connectivity index (χ3v) is 11.4. The monoisotopic (exact) mass is 804 g/mol. The molecule has 0 fully saturated rings. The first-order valence-electron chi connectivity index (χ1n) is 26.8. The fourth-order valence-electron chi connectivity index (χ4n) is 8.70. The van der Waals surface area contributed by atoms with Gasteiger partial charge in [0.15, 0.2) is 17.5 Å². The maximum Gasteiger partial charge on any atom is 0.167 e. The molecule has 0 bridgehead atoms. The van der Waals surface area contributed by atoms with Crippen LogP contribution < -0.4 is 0 Å². The van der Waals surface area contributed by atoms with E-state index in [1.807, 2.05) is 109 Å². The zero-order valence-electron chi connectivity index (χ0n) is 46.2. The molecule has 0 saturated carbocycles. The predicted molar refractivity (Wildman–Crippen MR) is 255 cm³/mol. The standard InChI is InChI=1S/C57H34N4O/c1-4-15-35(16-5-1)36-29-31-38(32-30-36)56-58-55(37-17-6-2-7-18-37)59-57(60-56)47-27-13-26-46-45-25-12-24-44(53(45)62-54(46)47)43-33-34-49-52-50(43)41-22-11-10-21-40(41)42-23-14-28-48(51(42)52)61(49)39-19-8-3-9-20-39/h1-34H/i3D,8D,9D,10D,11D,14D,19D,20D,21D,22D,23D,28D,33D,34D. The van der Waals surface area contributed by atoms with Crippen LogP contribution >= 0.6 is 0 Å². The minimum Gasteiger partial charge on any atom is -0.455 e. The van der Waals surface area contributed by atoms with Crippen LogP contribution in [0.4, 0.5) is 0 Å². The molecule has 0 radical (unpaired) electrons. The Hall–Kier alpha value is -8.41. The van der Waals surface area contributed by atoms with E-state index >= 15 is 0 Å². The Labute approximate surface area is 375 Å². The quantitative estimate of drug-likeness (QED) is 0.157. The molecule has 13 rings (SSSR count). The highest BCUT2D eigenvalue weighted by atomic mass is 16.3. The number of aromatic nitrogens is 4. The Balaban J connectivity index is 1.14. The van der Waals surface area contributed by atoms with Gasteiger partial charge in [-0.1, -0.05) is 176 Å². The lowest BCUT2D eigenvalue weighted by Crippen LogP contribution is -2.00. The van der Waals surface area contributed by atoms with Crippen LogP contribution in [0, 0.1) is 0 Å². The Morgan fingerprint density at radius 3 is 1.65 bits per heavy atom. The van der Waals surface area contributed by atoms with Crippen LogP contribution in [0.1, 0.15) is 19.2 Å². The summed E-state index contributed by atoms with van der Waals surface area (Å²) in [6.45, 7) is 0. The normalized spacial score (nSPS) is 15.0. The lowest BCUT2D eigenvalue weighted by atomic mass is 9.89. The molecule has 0 amide bonds. The van der Waals surface area contributed by atoms with Gasteiger partial charge in [-0.2, -0.15) is 0 Å². The summed E-state index contributed by atoms with van der Waals surface area (Å²) in [5.41, 5.74) is 3.87. The summed E-state index contributed by atoms with van der Waals surface area (Å²) >= 11 is 0. The van der Waals surface area contributed by atoms with E-state index in [9.17, 15) is 8.22 Å². The van der Waals surface area contributed by atoms with Crippen molar-refractivity contribution in [3.63, 3.8) is 0 Å². The maximum atomic E-state index is 10.0. The van der Waals surface area contributed by atoms with Crippen molar-refractivity contribution in [2.45, 2.75) is 0 Å². The number of fused-ring (bicyclic) bond motifs is 6. The van der Waals surface area contributed by atoms with Crippen molar-refractivity contribution in [2.75, 3.05) is 0 Å². The molecule has 5 heteroatoms. The Morgan fingerprint density at radius 1 is 0.355 bits per heavy atom. The van der Waals surface area contributed by atoms with Crippen molar-refractivity contribution in [3.05, 3.63) is 206 Å². The molecule has 5 nitrogen and oxygen atoms in total. The number of rotatable bonds is 6. The highest BCUT2D eigenvalue weighted by molar-refractivity contribution is 6.37. The first kappa shape index (κ1) is 23.4. The molecule has 0 aliphatic rings. The van der Waals surface area contributed by atoms with Gasteiger partial charge in [0.05, 0.1) is 35.8 Å². The average molecular weight is 805 g/mol. The van der Waals surface area contributed by atoms with E-state index < -0.39 is 90.3 Å². The molecule has 0 aliphatic carbocycles. The third kappa shape index (κ3) is 5.18. The summed E-state index contributed by atoms with van der Waals surface area (Å²) in [6.07, 6.45) is 0. The second-order valence-electron chi connectivity index (χ2n) is 14.8. The molecule has 10 aromatic carbocycles.